The van der Waals surface area contributed by atoms with Crippen LogP contribution in [0.1, 0.15) is 0 Å². The number of rotatable bonds is 8. The zero-order valence-corrected chi connectivity index (χ0v) is 42.5. The molecule has 0 radical (unpaired) electrons. The van der Waals surface area contributed by atoms with Crippen molar-refractivity contribution in [2.24, 2.45) is 0 Å². The summed E-state index contributed by atoms with van der Waals surface area (Å²) in [4.78, 5) is 4.95. The van der Waals surface area contributed by atoms with Crippen molar-refractivity contribution in [3.8, 4) is 11.4 Å². The molecule has 78 heavy (non-hydrogen) atoms. The predicted octanol–water partition coefficient (Wildman–Crippen LogP) is 20.6. The molecular weight excluding hydrogens is 945 g/mol. The third-order valence-electron chi connectivity index (χ3n) is 16.1. The fourth-order valence-electron chi connectivity index (χ4n) is 12.6. The van der Waals surface area contributed by atoms with Gasteiger partial charge in [-0.2, -0.15) is 0 Å². The van der Waals surface area contributed by atoms with Gasteiger partial charge in [-0.1, -0.05) is 158 Å². The summed E-state index contributed by atoms with van der Waals surface area (Å²) >= 11 is 0. The highest BCUT2D eigenvalue weighted by atomic mass is 15.2. The first-order chi connectivity index (χ1) is 38.7. The number of hydrogen-bond acceptors (Lipinski definition) is 2. The van der Waals surface area contributed by atoms with Gasteiger partial charge in [0, 0.05) is 66.4 Å². The Morgan fingerprint density at radius 3 is 0.949 bits per heavy atom. The molecule has 0 aliphatic rings. The van der Waals surface area contributed by atoms with Gasteiger partial charge in [-0.15, -0.1) is 0 Å². The molecule has 0 aliphatic heterocycles. The van der Waals surface area contributed by atoms with Crippen LogP contribution in [0, 0.1) is 0 Å². The smallest absolute Gasteiger partial charge is 0.0542 e. The van der Waals surface area contributed by atoms with Crippen LogP contribution in [-0.2, 0) is 0 Å². The third-order valence-corrected chi connectivity index (χ3v) is 16.1. The first-order valence-electron chi connectivity index (χ1n) is 26.8. The van der Waals surface area contributed by atoms with Gasteiger partial charge in [-0.3, -0.25) is 0 Å². The Hall–Kier alpha value is -10.4. The Morgan fingerprint density at radius 1 is 0.192 bits per heavy atom. The second kappa shape index (κ2) is 17.6. The molecule has 4 nitrogen and oxygen atoms in total. The molecule has 0 bridgehead atoms. The van der Waals surface area contributed by atoms with E-state index >= 15 is 0 Å². The second-order valence-corrected chi connectivity index (χ2v) is 20.6. The van der Waals surface area contributed by atoms with E-state index in [0.717, 1.165) is 56.3 Å². The van der Waals surface area contributed by atoms with Crippen LogP contribution in [0.25, 0.3) is 109 Å². The Morgan fingerprint density at radius 2 is 0.513 bits per heavy atom. The molecule has 0 amide bonds. The summed E-state index contributed by atoms with van der Waals surface area (Å²) in [6.45, 7) is 0. The molecule has 0 atom stereocenters. The van der Waals surface area contributed by atoms with Crippen molar-refractivity contribution in [2.75, 3.05) is 9.80 Å². The minimum Gasteiger partial charge on any atom is -0.310 e. The van der Waals surface area contributed by atoms with Crippen LogP contribution in [0.15, 0.2) is 291 Å². The van der Waals surface area contributed by atoms with E-state index in [9.17, 15) is 0 Å². The normalized spacial score (nSPS) is 11.8. The van der Waals surface area contributed by atoms with Crippen molar-refractivity contribution in [2.45, 2.75) is 0 Å². The standard InChI is InChI=1S/C74H48N4/c1-3-21-57(22-4-1)77-71-29-13-11-25-65(71)67-47-61(37-39-73(67)77)75(59-35-33-53-41-49-17-7-9-19-51(49)43-55(53)45-59)69-31-15-28-64-63(69)27-16-32-70(64)76(60-36-34-54-42-50-18-8-10-20-52(50)44-56(54)46-60)62-38-40-74-68(48-62)66-26-12-14-30-72(66)78(74)58-23-5-2-6-24-58/h1-48H. The molecule has 16 rings (SSSR count). The molecule has 0 saturated heterocycles. The molecule has 0 aliphatic carbocycles. The molecule has 0 saturated carbocycles. The Balaban J connectivity index is 0.939. The fraction of sp³-hybridized carbons (Fsp3) is 0. The van der Waals surface area contributed by atoms with Gasteiger partial charge < -0.3 is 18.9 Å². The summed E-state index contributed by atoms with van der Waals surface area (Å²) in [6.07, 6.45) is 0. The molecule has 0 spiro atoms. The van der Waals surface area contributed by atoms with Crippen LogP contribution in [0.3, 0.4) is 0 Å². The van der Waals surface area contributed by atoms with Gasteiger partial charge in [0.2, 0.25) is 0 Å². The zero-order chi connectivity index (χ0) is 51.3. The summed E-state index contributed by atoms with van der Waals surface area (Å²) in [5, 5.41) is 16.8. The van der Waals surface area contributed by atoms with Crippen molar-refractivity contribution in [1.29, 1.82) is 0 Å². The molecule has 14 aromatic carbocycles. The number of benzene rings is 14. The summed E-state index contributed by atoms with van der Waals surface area (Å²) in [5.41, 5.74) is 13.5. The van der Waals surface area contributed by atoms with Crippen molar-refractivity contribution in [3.05, 3.63) is 291 Å². The van der Waals surface area contributed by atoms with E-state index in [4.69, 9.17) is 0 Å². The molecule has 16 aromatic rings. The number of anilines is 6. The number of fused-ring (bicyclic) bond motifs is 11. The second-order valence-electron chi connectivity index (χ2n) is 20.6. The van der Waals surface area contributed by atoms with Crippen molar-refractivity contribution in [1.82, 2.24) is 9.13 Å². The molecule has 0 unspecified atom stereocenters. The maximum atomic E-state index is 2.48. The van der Waals surface area contributed by atoms with Gasteiger partial charge in [0.05, 0.1) is 33.4 Å². The quantitative estimate of drug-likeness (QED) is 0.141. The van der Waals surface area contributed by atoms with Gasteiger partial charge in [0.1, 0.15) is 0 Å². The van der Waals surface area contributed by atoms with E-state index in [1.54, 1.807) is 0 Å². The first-order valence-corrected chi connectivity index (χ1v) is 26.8. The van der Waals surface area contributed by atoms with Crippen LogP contribution < -0.4 is 9.80 Å². The zero-order valence-electron chi connectivity index (χ0n) is 42.5. The predicted molar refractivity (Wildman–Crippen MR) is 332 cm³/mol. The minimum absolute atomic E-state index is 1.08. The van der Waals surface area contributed by atoms with E-state index < -0.39 is 0 Å². The van der Waals surface area contributed by atoms with Crippen LogP contribution in [0.2, 0.25) is 0 Å². The highest BCUT2D eigenvalue weighted by Gasteiger charge is 2.24. The number of nitrogens with zero attached hydrogens (tertiary/aromatic N) is 4. The molecule has 0 fully saturated rings. The maximum Gasteiger partial charge on any atom is 0.0542 e. The minimum atomic E-state index is 1.08. The molecule has 2 aromatic heterocycles. The molecule has 364 valence electrons. The van der Waals surface area contributed by atoms with Crippen molar-refractivity contribution < 1.29 is 0 Å². The van der Waals surface area contributed by atoms with E-state index in [0.29, 0.717) is 0 Å². The Labute approximate surface area is 450 Å². The van der Waals surface area contributed by atoms with Crippen LogP contribution in [-0.4, -0.2) is 9.13 Å². The highest BCUT2D eigenvalue weighted by Crippen LogP contribution is 2.48. The summed E-state index contributed by atoms with van der Waals surface area (Å²) in [6, 6.07) is 107. The summed E-state index contributed by atoms with van der Waals surface area (Å²) in [7, 11) is 0. The lowest BCUT2D eigenvalue weighted by molar-refractivity contribution is 1.18. The lowest BCUT2D eigenvalue weighted by Crippen LogP contribution is -2.12. The number of aromatic nitrogens is 2. The Kier molecular flexibility index (Phi) is 9.91. The van der Waals surface area contributed by atoms with Gasteiger partial charge in [-0.05, 0) is 177 Å². The van der Waals surface area contributed by atoms with Crippen LogP contribution >= 0.6 is 0 Å². The lowest BCUT2D eigenvalue weighted by atomic mass is 10.00. The van der Waals surface area contributed by atoms with E-state index in [-0.39, 0.29) is 0 Å². The lowest BCUT2D eigenvalue weighted by Gasteiger charge is -2.30. The van der Waals surface area contributed by atoms with E-state index in [2.05, 4.69) is 310 Å². The van der Waals surface area contributed by atoms with Crippen molar-refractivity contribution >= 4 is 132 Å². The van der Waals surface area contributed by atoms with Crippen LogP contribution in [0.5, 0.6) is 0 Å². The van der Waals surface area contributed by atoms with E-state index in [1.807, 2.05) is 0 Å². The molecule has 0 N–H and O–H groups in total. The van der Waals surface area contributed by atoms with Gasteiger partial charge in [-0.25, -0.2) is 0 Å². The SMILES string of the molecule is c1ccc(-n2c3ccccc3c3cc(N(c4ccc5cc6ccccc6cc5c4)c4cccc5c(N(c6ccc7cc8ccccc8cc7c6)c6ccc7c(c6)c6ccccc6n7-c6ccccc6)cccc45)ccc32)cc1. The Bertz CT molecular complexity index is 4730. The maximum absolute atomic E-state index is 2.48. The van der Waals surface area contributed by atoms with E-state index in [1.165, 1.54) is 86.7 Å². The van der Waals surface area contributed by atoms with Gasteiger partial charge >= 0.3 is 0 Å². The number of hydrogen-bond donors (Lipinski definition) is 0. The largest absolute Gasteiger partial charge is 0.310 e. The fourth-order valence-corrected chi connectivity index (χ4v) is 12.6. The monoisotopic (exact) mass is 992 g/mol. The topological polar surface area (TPSA) is 16.3 Å². The first kappa shape index (κ1) is 43.9. The number of para-hydroxylation sites is 4. The van der Waals surface area contributed by atoms with Crippen LogP contribution in [0.4, 0.5) is 34.1 Å². The highest BCUT2D eigenvalue weighted by molar-refractivity contribution is 6.15. The van der Waals surface area contributed by atoms with Crippen molar-refractivity contribution in [3.63, 3.8) is 0 Å². The summed E-state index contributed by atoms with van der Waals surface area (Å²) in [5.74, 6) is 0. The average Bonchev–Trinajstić information content (AvgIpc) is 4.20. The van der Waals surface area contributed by atoms with Gasteiger partial charge in [0.25, 0.3) is 0 Å². The summed E-state index contributed by atoms with van der Waals surface area (Å²) < 4.78 is 4.79. The molecular formula is C74H48N4. The molecule has 4 heteroatoms. The third kappa shape index (κ3) is 7.01. The average molecular weight is 993 g/mol. The van der Waals surface area contributed by atoms with Gasteiger partial charge in [0.15, 0.2) is 0 Å². The molecule has 2 heterocycles.